The largest absolute Gasteiger partial charge is 0.482 e. The molecule has 5 heteroatoms. The minimum absolute atomic E-state index is 0.00963. The van der Waals surface area contributed by atoms with Crippen molar-refractivity contribution in [1.29, 1.82) is 0 Å². The zero-order chi connectivity index (χ0) is 13.0. The minimum Gasteiger partial charge on any atom is -0.482 e. The Morgan fingerprint density at radius 1 is 1.44 bits per heavy atom. The van der Waals surface area contributed by atoms with Crippen LogP contribution in [0.2, 0.25) is 0 Å². The van der Waals surface area contributed by atoms with Gasteiger partial charge in [-0.15, -0.1) is 0 Å². The fourth-order valence-corrected chi connectivity index (χ4v) is 2.30. The standard InChI is InChI=1S/C13H16INO3/c1-2-6-17-7-5-15-11-8-10(14)3-4-12(11)18-9-13(15)16/h3-4,8H,2,5-7,9H2,1H3. The third-order valence-electron chi connectivity index (χ3n) is 2.67. The van der Waals surface area contributed by atoms with Gasteiger partial charge in [0.15, 0.2) is 6.61 Å². The third kappa shape index (κ3) is 3.14. The molecule has 0 saturated carbocycles. The zero-order valence-electron chi connectivity index (χ0n) is 10.3. The molecule has 4 nitrogen and oxygen atoms in total. The molecule has 0 radical (unpaired) electrons. The van der Waals surface area contributed by atoms with Gasteiger partial charge in [0.05, 0.1) is 12.3 Å². The molecule has 0 bridgehead atoms. The summed E-state index contributed by atoms with van der Waals surface area (Å²) < 4.78 is 11.9. The van der Waals surface area contributed by atoms with Crippen LogP contribution in [0.1, 0.15) is 13.3 Å². The quantitative estimate of drug-likeness (QED) is 0.598. The van der Waals surface area contributed by atoms with Gasteiger partial charge in [0.25, 0.3) is 5.91 Å². The molecule has 0 unspecified atom stereocenters. The number of rotatable bonds is 5. The van der Waals surface area contributed by atoms with Gasteiger partial charge in [-0.3, -0.25) is 4.79 Å². The van der Waals surface area contributed by atoms with Crippen molar-refractivity contribution in [2.75, 3.05) is 31.3 Å². The molecule has 0 atom stereocenters. The van der Waals surface area contributed by atoms with E-state index in [9.17, 15) is 4.79 Å². The molecule has 0 spiro atoms. The van der Waals surface area contributed by atoms with E-state index >= 15 is 0 Å². The second-order valence-electron chi connectivity index (χ2n) is 4.06. The predicted molar refractivity (Wildman–Crippen MR) is 78.1 cm³/mol. The maximum atomic E-state index is 11.9. The fourth-order valence-electron chi connectivity index (χ4n) is 1.82. The summed E-state index contributed by atoms with van der Waals surface area (Å²) in [5, 5.41) is 0. The topological polar surface area (TPSA) is 38.8 Å². The summed E-state index contributed by atoms with van der Waals surface area (Å²) in [5.74, 6) is 0.759. The first-order chi connectivity index (χ1) is 8.72. The van der Waals surface area contributed by atoms with Crippen LogP contribution in [-0.2, 0) is 9.53 Å². The van der Waals surface area contributed by atoms with Gasteiger partial charge >= 0.3 is 0 Å². The molecule has 0 saturated heterocycles. The first-order valence-corrected chi connectivity index (χ1v) is 7.10. The highest BCUT2D eigenvalue weighted by atomic mass is 127. The van der Waals surface area contributed by atoms with E-state index < -0.39 is 0 Å². The number of benzene rings is 1. The van der Waals surface area contributed by atoms with Crippen LogP contribution in [0.5, 0.6) is 5.75 Å². The second-order valence-corrected chi connectivity index (χ2v) is 5.30. The highest BCUT2D eigenvalue weighted by Crippen LogP contribution is 2.33. The number of hydrogen-bond acceptors (Lipinski definition) is 3. The summed E-state index contributed by atoms with van der Waals surface area (Å²) >= 11 is 2.23. The third-order valence-corrected chi connectivity index (χ3v) is 3.34. The van der Waals surface area contributed by atoms with Gasteiger partial charge in [-0.25, -0.2) is 0 Å². The van der Waals surface area contributed by atoms with E-state index in [-0.39, 0.29) is 12.5 Å². The van der Waals surface area contributed by atoms with Crippen LogP contribution in [0.15, 0.2) is 18.2 Å². The van der Waals surface area contributed by atoms with Crippen LogP contribution in [0.4, 0.5) is 5.69 Å². The molecule has 2 rings (SSSR count). The van der Waals surface area contributed by atoms with Gasteiger partial charge in [0.1, 0.15) is 5.75 Å². The van der Waals surface area contributed by atoms with Gasteiger partial charge in [-0.05, 0) is 47.2 Å². The lowest BCUT2D eigenvalue weighted by atomic mass is 10.2. The summed E-state index contributed by atoms with van der Waals surface area (Å²) in [6.45, 7) is 4.05. The number of fused-ring (bicyclic) bond motifs is 1. The number of carbonyl (C=O) groups excluding carboxylic acids is 1. The number of ether oxygens (including phenoxy) is 2. The second kappa shape index (κ2) is 6.38. The van der Waals surface area contributed by atoms with E-state index in [0.29, 0.717) is 13.2 Å². The Morgan fingerprint density at radius 3 is 3.06 bits per heavy atom. The smallest absolute Gasteiger partial charge is 0.265 e. The first kappa shape index (κ1) is 13.6. The lowest BCUT2D eigenvalue weighted by Crippen LogP contribution is -2.40. The minimum atomic E-state index is -0.00963. The van der Waals surface area contributed by atoms with E-state index in [1.807, 2.05) is 18.2 Å². The van der Waals surface area contributed by atoms with Gasteiger partial charge in [-0.2, -0.15) is 0 Å². The predicted octanol–water partition coefficient (Wildman–Crippen LogP) is 2.44. The van der Waals surface area contributed by atoms with Gasteiger partial charge < -0.3 is 14.4 Å². The average molecular weight is 361 g/mol. The van der Waals surface area contributed by atoms with E-state index in [2.05, 4.69) is 29.5 Å². The molecule has 1 aliphatic heterocycles. The van der Waals surface area contributed by atoms with Crippen molar-refractivity contribution in [3.8, 4) is 5.75 Å². The lowest BCUT2D eigenvalue weighted by Gasteiger charge is -2.29. The van der Waals surface area contributed by atoms with Crippen molar-refractivity contribution in [2.45, 2.75) is 13.3 Å². The van der Waals surface area contributed by atoms with Crippen molar-refractivity contribution in [3.63, 3.8) is 0 Å². The molecule has 1 aliphatic rings. The van der Waals surface area contributed by atoms with Crippen molar-refractivity contribution in [2.24, 2.45) is 0 Å². The van der Waals surface area contributed by atoms with Crippen molar-refractivity contribution in [3.05, 3.63) is 21.8 Å². The number of carbonyl (C=O) groups is 1. The number of nitrogens with zero attached hydrogens (tertiary/aromatic N) is 1. The fraction of sp³-hybridized carbons (Fsp3) is 0.462. The van der Waals surface area contributed by atoms with Crippen LogP contribution in [-0.4, -0.2) is 32.3 Å². The molecule has 1 aromatic rings. The molecule has 98 valence electrons. The van der Waals surface area contributed by atoms with Crippen molar-refractivity contribution in [1.82, 2.24) is 0 Å². The summed E-state index contributed by atoms with van der Waals surface area (Å²) in [6.07, 6.45) is 0.992. The van der Waals surface area contributed by atoms with Gasteiger partial charge in [0, 0.05) is 16.7 Å². The van der Waals surface area contributed by atoms with E-state index in [4.69, 9.17) is 9.47 Å². The zero-order valence-corrected chi connectivity index (χ0v) is 12.5. The molecule has 0 fully saturated rings. The Kier molecular flexibility index (Phi) is 4.82. The van der Waals surface area contributed by atoms with Crippen LogP contribution in [0, 0.1) is 3.57 Å². The molecule has 1 heterocycles. The number of amides is 1. The molecule has 0 aromatic heterocycles. The van der Waals surface area contributed by atoms with Crippen LogP contribution >= 0.6 is 22.6 Å². The molecular weight excluding hydrogens is 345 g/mol. The summed E-state index contributed by atoms with van der Waals surface area (Å²) in [4.78, 5) is 13.6. The number of hydrogen-bond donors (Lipinski definition) is 0. The van der Waals surface area contributed by atoms with Crippen LogP contribution in [0.25, 0.3) is 0 Å². The summed E-state index contributed by atoms with van der Waals surface area (Å²) in [7, 11) is 0. The van der Waals surface area contributed by atoms with E-state index in [0.717, 1.165) is 28.0 Å². The highest BCUT2D eigenvalue weighted by molar-refractivity contribution is 14.1. The Balaban J connectivity index is 2.09. The van der Waals surface area contributed by atoms with E-state index in [1.54, 1.807) is 4.90 Å². The lowest BCUT2D eigenvalue weighted by molar-refractivity contribution is -0.121. The molecule has 18 heavy (non-hydrogen) atoms. The van der Waals surface area contributed by atoms with Crippen molar-refractivity contribution >= 4 is 34.2 Å². The molecule has 0 N–H and O–H groups in total. The number of anilines is 1. The summed E-state index contributed by atoms with van der Waals surface area (Å²) in [5.41, 5.74) is 0.846. The first-order valence-electron chi connectivity index (χ1n) is 6.03. The Bertz CT molecular complexity index is 436. The Morgan fingerprint density at radius 2 is 2.28 bits per heavy atom. The monoisotopic (exact) mass is 361 g/mol. The molecular formula is C13H16INO3. The van der Waals surface area contributed by atoms with E-state index in [1.165, 1.54) is 0 Å². The molecule has 1 aromatic carbocycles. The Hall–Kier alpha value is -0.820. The van der Waals surface area contributed by atoms with Gasteiger partial charge in [-0.1, -0.05) is 6.92 Å². The van der Waals surface area contributed by atoms with Crippen LogP contribution < -0.4 is 9.64 Å². The SMILES string of the molecule is CCCOCCN1C(=O)COc2ccc(I)cc21. The maximum Gasteiger partial charge on any atom is 0.265 e. The summed E-state index contributed by atoms with van der Waals surface area (Å²) in [6, 6.07) is 5.84. The normalized spacial score (nSPS) is 14.3. The Labute approximate surface area is 120 Å². The molecule has 0 aliphatic carbocycles. The average Bonchev–Trinajstić information content (AvgIpc) is 2.36. The van der Waals surface area contributed by atoms with Crippen molar-refractivity contribution < 1.29 is 14.3 Å². The molecule has 1 amide bonds. The van der Waals surface area contributed by atoms with Gasteiger partial charge in [0.2, 0.25) is 0 Å². The maximum absolute atomic E-state index is 11.9. The highest BCUT2D eigenvalue weighted by Gasteiger charge is 2.25. The number of halogens is 1. The van der Waals surface area contributed by atoms with Crippen LogP contribution in [0.3, 0.4) is 0 Å².